The summed E-state index contributed by atoms with van der Waals surface area (Å²) in [6, 6.07) is 9.83. The van der Waals surface area contributed by atoms with E-state index in [-0.39, 0.29) is 0 Å². The molecule has 1 aromatic carbocycles. The molecule has 2 heterocycles. The van der Waals surface area contributed by atoms with E-state index in [1.165, 1.54) is 0 Å². The molecule has 124 valence electrons. The molecule has 0 radical (unpaired) electrons. The Morgan fingerprint density at radius 3 is 2.67 bits per heavy atom. The molecule has 1 fully saturated rings. The van der Waals surface area contributed by atoms with Crippen LogP contribution in [0.15, 0.2) is 28.7 Å². The molecule has 0 bridgehead atoms. The number of nitrogens with zero attached hydrogens (tertiary/aromatic N) is 4. The third-order valence-electron chi connectivity index (χ3n) is 4.07. The summed E-state index contributed by atoms with van der Waals surface area (Å²) in [5, 5.41) is 9.33. The fourth-order valence-electron chi connectivity index (χ4n) is 2.66. The Labute approximate surface area is 141 Å². The zero-order valence-corrected chi connectivity index (χ0v) is 13.9. The highest BCUT2D eigenvalue weighted by Crippen LogP contribution is 2.25. The SMILES string of the molecule is COc1ccccc1/C=C/c1nc(C#N)c(N2CCN(C)CC2)o1. The first-order valence-corrected chi connectivity index (χ1v) is 7.87. The molecule has 0 N–H and O–H groups in total. The van der Waals surface area contributed by atoms with Gasteiger partial charge in [0.2, 0.25) is 17.5 Å². The predicted molar refractivity (Wildman–Crippen MR) is 92.9 cm³/mol. The van der Waals surface area contributed by atoms with Crippen LogP contribution in [0.3, 0.4) is 0 Å². The van der Waals surface area contributed by atoms with Crippen LogP contribution in [-0.2, 0) is 0 Å². The maximum Gasteiger partial charge on any atom is 0.235 e. The topological polar surface area (TPSA) is 65.5 Å². The molecular weight excluding hydrogens is 304 g/mol. The molecule has 0 saturated carbocycles. The van der Waals surface area contributed by atoms with Gasteiger partial charge in [0.25, 0.3) is 0 Å². The molecule has 6 nitrogen and oxygen atoms in total. The van der Waals surface area contributed by atoms with Crippen LogP contribution >= 0.6 is 0 Å². The van der Waals surface area contributed by atoms with Crippen molar-refractivity contribution in [2.24, 2.45) is 0 Å². The Kier molecular flexibility index (Phi) is 4.82. The number of aromatic nitrogens is 1. The van der Waals surface area contributed by atoms with E-state index in [0.717, 1.165) is 37.5 Å². The standard InChI is InChI=1S/C18H20N4O2/c1-21-9-11-22(12-10-21)18-15(13-19)20-17(24-18)8-7-14-5-3-4-6-16(14)23-2/h3-8H,9-12H2,1-2H3/b8-7+. The molecule has 1 aliphatic heterocycles. The summed E-state index contributed by atoms with van der Waals surface area (Å²) < 4.78 is 11.1. The fourth-order valence-corrected chi connectivity index (χ4v) is 2.66. The van der Waals surface area contributed by atoms with Crippen LogP contribution < -0.4 is 9.64 Å². The minimum atomic E-state index is 0.333. The molecule has 2 aromatic rings. The molecule has 0 spiro atoms. The summed E-state index contributed by atoms with van der Waals surface area (Å²) in [6.45, 7) is 3.54. The van der Waals surface area contributed by atoms with Crippen LogP contribution in [0.25, 0.3) is 12.2 Å². The van der Waals surface area contributed by atoms with Gasteiger partial charge in [0.1, 0.15) is 11.8 Å². The van der Waals surface area contributed by atoms with Gasteiger partial charge >= 0.3 is 0 Å². The van der Waals surface area contributed by atoms with Crippen LogP contribution in [0.5, 0.6) is 5.75 Å². The highest BCUT2D eigenvalue weighted by molar-refractivity contribution is 5.70. The highest BCUT2D eigenvalue weighted by Gasteiger charge is 2.22. The minimum Gasteiger partial charge on any atom is -0.496 e. The van der Waals surface area contributed by atoms with Crippen molar-refractivity contribution in [3.05, 3.63) is 41.4 Å². The van der Waals surface area contributed by atoms with Gasteiger partial charge in [-0.3, -0.25) is 0 Å². The molecule has 1 aliphatic rings. The molecule has 0 amide bonds. The number of benzene rings is 1. The van der Waals surface area contributed by atoms with E-state index in [9.17, 15) is 5.26 Å². The number of para-hydroxylation sites is 1. The van der Waals surface area contributed by atoms with Crippen LogP contribution in [0.1, 0.15) is 17.1 Å². The summed E-state index contributed by atoms with van der Waals surface area (Å²) >= 11 is 0. The molecule has 3 rings (SSSR count). The molecule has 6 heteroatoms. The highest BCUT2D eigenvalue weighted by atomic mass is 16.5. The van der Waals surface area contributed by atoms with Gasteiger partial charge in [-0.15, -0.1) is 0 Å². The zero-order chi connectivity index (χ0) is 16.9. The second-order valence-electron chi connectivity index (χ2n) is 5.68. The molecule has 0 aliphatic carbocycles. The normalized spacial score (nSPS) is 15.6. The third kappa shape index (κ3) is 3.42. The number of oxazole rings is 1. The van der Waals surface area contributed by atoms with Crippen molar-refractivity contribution in [3.63, 3.8) is 0 Å². The van der Waals surface area contributed by atoms with Crippen molar-refractivity contribution in [2.45, 2.75) is 0 Å². The third-order valence-corrected chi connectivity index (χ3v) is 4.07. The number of anilines is 1. The van der Waals surface area contributed by atoms with Gasteiger partial charge in [0.15, 0.2) is 0 Å². The van der Waals surface area contributed by atoms with Gasteiger partial charge in [0.05, 0.1) is 7.11 Å². The number of hydrogen-bond acceptors (Lipinski definition) is 6. The van der Waals surface area contributed by atoms with Gasteiger partial charge in [-0.05, 0) is 19.2 Å². The second-order valence-corrected chi connectivity index (χ2v) is 5.68. The zero-order valence-electron chi connectivity index (χ0n) is 13.9. The Morgan fingerprint density at radius 1 is 1.21 bits per heavy atom. The number of likely N-dealkylation sites (N-methyl/N-ethyl adjacent to an activating group) is 1. The van der Waals surface area contributed by atoms with Gasteiger partial charge in [-0.25, -0.2) is 0 Å². The van der Waals surface area contributed by atoms with E-state index in [0.29, 0.717) is 17.5 Å². The maximum atomic E-state index is 9.33. The van der Waals surface area contributed by atoms with E-state index in [1.807, 2.05) is 30.3 Å². The summed E-state index contributed by atoms with van der Waals surface area (Å²) in [4.78, 5) is 8.61. The lowest BCUT2D eigenvalue weighted by molar-refractivity contribution is 0.306. The summed E-state index contributed by atoms with van der Waals surface area (Å²) in [5.74, 6) is 1.76. The van der Waals surface area contributed by atoms with Crippen LogP contribution in [0.4, 0.5) is 5.88 Å². The average Bonchev–Trinajstić information content (AvgIpc) is 3.04. The first-order valence-electron chi connectivity index (χ1n) is 7.87. The Hall–Kier alpha value is -2.78. The molecular formula is C18H20N4O2. The van der Waals surface area contributed by atoms with Crippen molar-refractivity contribution in [1.82, 2.24) is 9.88 Å². The molecule has 0 unspecified atom stereocenters. The number of piperazine rings is 1. The molecule has 1 aromatic heterocycles. The number of rotatable bonds is 4. The molecule has 24 heavy (non-hydrogen) atoms. The summed E-state index contributed by atoms with van der Waals surface area (Å²) in [6.07, 6.45) is 3.64. The van der Waals surface area contributed by atoms with Crippen molar-refractivity contribution < 1.29 is 9.15 Å². The monoisotopic (exact) mass is 324 g/mol. The van der Waals surface area contributed by atoms with Crippen molar-refractivity contribution in [2.75, 3.05) is 45.2 Å². The Morgan fingerprint density at radius 2 is 1.96 bits per heavy atom. The first kappa shape index (κ1) is 16.1. The smallest absolute Gasteiger partial charge is 0.235 e. The number of ether oxygens (including phenoxy) is 1. The minimum absolute atomic E-state index is 0.333. The van der Waals surface area contributed by atoms with Gasteiger partial charge in [-0.2, -0.15) is 10.2 Å². The molecule has 0 atom stereocenters. The number of hydrogen-bond donors (Lipinski definition) is 0. The Balaban J connectivity index is 1.82. The van der Waals surface area contributed by atoms with E-state index >= 15 is 0 Å². The fraction of sp³-hybridized carbons (Fsp3) is 0.333. The average molecular weight is 324 g/mol. The largest absolute Gasteiger partial charge is 0.496 e. The van der Waals surface area contributed by atoms with Crippen molar-refractivity contribution in [1.29, 1.82) is 5.26 Å². The van der Waals surface area contributed by atoms with E-state index in [1.54, 1.807) is 13.2 Å². The van der Waals surface area contributed by atoms with Crippen LogP contribution in [0, 0.1) is 11.3 Å². The van der Waals surface area contributed by atoms with Gasteiger partial charge in [0, 0.05) is 37.8 Å². The van der Waals surface area contributed by atoms with E-state index < -0.39 is 0 Å². The van der Waals surface area contributed by atoms with Crippen molar-refractivity contribution >= 4 is 18.0 Å². The Bertz CT molecular complexity index is 768. The lowest BCUT2D eigenvalue weighted by Gasteiger charge is -2.31. The summed E-state index contributed by atoms with van der Waals surface area (Å²) in [5.41, 5.74) is 1.26. The van der Waals surface area contributed by atoms with Gasteiger partial charge < -0.3 is 19.0 Å². The van der Waals surface area contributed by atoms with E-state index in [2.05, 4.69) is 27.9 Å². The van der Waals surface area contributed by atoms with Gasteiger partial charge in [-0.1, -0.05) is 18.2 Å². The maximum absolute atomic E-state index is 9.33. The summed E-state index contributed by atoms with van der Waals surface area (Å²) in [7, 11) is 3.72. The quantitative estimate of drug-likeness (QED) is 0.861. The lowest BCUT2D eigenvalue weighted by Crippen LogP contribution is -2.44. The number of nitriles is 1. The predicted octanol–water partition coefficient (Wildman–Crippen LogP) is 2.48. The van der Waals surface area contributed by atoms with Crippen LogP contribution in [-0.4, -0.2) is 50.2 Å². The first-order chi connectivity index (χ1) is 11.7. The molecule has 1 saturated heterocycles. The van der Waals surface area contributed by atoms with E-state index in [4.69, 9.17) is 9.15 Å². The second kappa shape index (κ2) is 7.20. The van der Waals surface area contributed by atoms with Crippen LogP contribution in [0.2, 0.25) is 0 Å². The number of methoxy groups -OCH3 is 1. The van der Waals surface area contributed by atoms with Crippen molar-refractivity contribution in [3.8, 4) is 11.8 Å². The lowest BCUT2D eigenvalue weighted by atomic mass is 10.2.